The van der Waals surface area contributed by atoms with E-state index in [1.807, 2.05) is 32.0 Å². The average Bonchev–Trinajstić information content (AvgIpc) is 3.39. The molecule has 3 aliphatic rings. The van der Waals surface area contributed by atoms with Gasteiger partial charge in [0.25, 0.3) is 0 Å². The molecule has 0 spiro atoms. The largest absolute Gasteiger partial charge is 0.493 e. The van der Waals surface area contributed by atoms with Crippen molar-refractivity contribution in [3.05, 3.63) is 76.0 Å². The number of nitrogens with zero attached hydrogens (tertiary/aromatic N) is 1. The number of aryl methyl sites for hydroxylation is 2. The standard InChI is InChI=1S/C32H33F2NO6/c1-16-3-21(40-13-18-10-32(39,11-18)15-36)4-17(2)30(16)24-6-20(26(33)9-27(24)34)14-41-28-7-19-5-22-23(8-29(37)38)31(22)25(19)12-35-28/h3-4,6-7,9,12,18,22-23,31,36,39H,5,8,10-11,13-15H2,1-2H3,(H,37,38). The van der Waals surface area contributed by atoms with Crippen LogP contribution < -0.4 is 9.47 Å². The van der Waals surface area contributed by atoms with Crippen LogP contribution in [0.2, 0.25) is 0 Å². The Morgan fingerprint density at radius 3 is 2.49 bits per heavy atom. The second kappa shape index (κ2) is 10.4. The number of pyridine rings is 1. The van der Waals surface area contributed by atoms with Crippen molar-refractivity contribution in [1.29, 1.82) is 0 Å². The Morgan fingerprint density at radius 2 is 1.80 bits per heavy atom. The average molecular weight is 566 g/mol. The molecule has 2 aromatic carbocycles. The van der Waals surface area contributed by atoms with E-state index in [2.05, 4.69) is 4.98 Å². The number of hydrogen-bond acceptors (Lipinski definition) is 6. The molecule has 3 N–H and O–H groups in total. The molecule has 0 aliphatic heterocycles. The number of carboxylic acids is 1. The van der Waals surface area contributed by atoms with Crippen LogP contribution in [-0.2, 0) is 17.8 Å². The van der Waals surface area contributed by atoms with Crippen molar-refractivity contribution in [2.24, 2.45) is 17.8 Å². The van der Waals surface area contributed by atoms with Gasteiger partial charge in [-0.15, -0.1) is 0 Å². The second-order valence-electron chi connectivity index (χ2n) is 12.0. The molecule has 0 saturated heterocycles. The molecule has 41 heavy (non-hydrogen) atoms. The molecule has 2 saturated carbocycles. The molecule has 9 heteroatoms. The normalized spacial score (nSPS) is 25.7. The lowest BCUT2D eigenvalue weighted by Crippen LogP contribution is -2.48. The van der Waals surface area contributed by atoms with Crippen LogP contribution in [0.25, 0.3) is 11.1 Å². The fraction of sp³-hybridized carbons (Fsp3) is 0.438. The SMILES string of the molecule is Cc1cc(OCC2CC(O)(CO)C2)cc(C)c1-c1cc(COc2cc3c(cn2)C2C(CC(=O)O)C2C3)c(F)cc1F. The monoisotopic (exact) mass is 565 g/mol. The van der Waals surface area contributed by atoms with Crippen LogP contribution in [0.5, 0.6) is 11.6 Å². The maximum atomic E-state index is 15.0. The highest BCUT2D eigenvalue weighted by molar-refractivity contribution is 5.73. The highest BCUT2D eigenvalue weighted by Crippen LogP contribution is 2.62. The smallest absolute Gasteiger partial charge is 0.303 e. The molecule has 3 unspecified atom stereocenters. The second-order valence-corrected chi connectivity index (χ2v) is 12.0. The maximum absolute atomic E-state index is 15.0. The first-order valence-corrected chi connectivity index (χ1v) is 13.9. The number of carboxylic acid groups (broad SMARTS) is 1. The minimum absolute atomic E-state index is 0.125. The van der Waals surface area contributed by atoms with Crippen molar-refractivity contribution in [3.63, 3.8) is 0 Å². The van der Waals surface area contributed by atoms with Gasteiger partial charge in [-0.3, -0.25) is 4.79 Å². The van der Waals surface area contributed by atoms with Gasteiger partial charge in [0, 0.05) is 35.9 Å². The molecule has 6 rings (SSSR count). The Kier molecular flexibility index (Phi) is 6.98. The summed E-state index contributed by atoms with van der Waals surface area (Å²) in [5.74, 6) is -0.272. The number of rotatable bonds is 10. The third-order valence-corrected chi connectivity index (χ3v) is 8.96. The molecule has 0 bridgehead atoms. The first-order chi connectivity index (χ1) is 19.5. The number of hydrogen-bond donors (Lipinski definition) is 3. The number of benzene rings is 2. The molecule has 216 valence electrons. The molecule has 1 aromatic heterocycles. The van der Waals surface area contributed by atoms with Gasteiger partial charge < -0.3 is 24.8 Å². The summed E-state index contributed by atoms with van der Waals surface area (Å²) < 4.78 is 41.6. The van der Waals surface area contributed by atoms with Crippen LogP contribution in [0.15, 0.2) is 36.5 Å². The van der Waals surface area contributed by atoms with E-state index in [4.69, 9.17) is 14.6 Å². The first kappa shape index (κ1) is 27.6. The summed E-state index contributed by atoms with van der Waals surface area (Å²) in [5.41, 5.74) is 3.83. The van der Waals surface area contributed by atoms with Crippen LogP contribution in [0.1, 0.15) is 53.0 Å². The maximum Gasteiger partial charge on any atom is 0.303 e. The predicted octanol–water partition coefficient (Wildman–Crippen LogP) is 5.10. The summed E-state index contributed by atoms with van der Waals surface area (Å²) >= 11 is 0. The quantitative estimate of drug-likeness (QED) is 0.314. The van der Waals surface area contributed by atoms with Crippen molar-refractivity contribution in [3.8, 4) is 22.8 Å². The fourth-order valence-electron chi connectivity index (χ4n) is 6.92. The lowest BCUT2D eigenvalue weighted by Gasteiger charge is -2.42. The molecular weight excluding hydrogens is 532 g/mol. The summed E-state index contributed by atoms with van der Waals surface area (Å²) in [6.45, 7) is 3.73. The Labute approximate surface area is 236 Å². The van der Waals surface area contributed by atoms with E-state index in [0.29, 0.717) is 42.6 Å². The van der Waals surface area contributed by atoms with Gasteiger partial charge in [0.15, 0.2) is 0 Å². The van der Waals surface area contributed by atoms with E-state index in [1.54, 1.807) is 6.20 Å². The van der Waals surface area contributed by atoms with Crippen LogP contribution in [0.3, 0.4) is 0 Å². The van der Waals surface area contributed by atoms with Crippen molar-refractivity contribution in [1.82, 2.24) is 4.98 Å². The third-order valence-electron chi connectivity index (χ3n) is 8.96. The first-order valence-electron chi connectivity index (χ1n) is 13.9. The molecule has 3 aliphatic carbocycles. The Hall–Kier alpha value is -3.56. The van der Waals surface area contributed by atoms with Gasteiger partial charge in [-0.2, -0.15) is 0 Å². The van der Waals surface area contributed by atoms with Crippen molar-refractivity contribution in [2.45, 2.75) is 57.7 Å². The molecule has 1 heterocycles. The Bertz CT molecular complexity index is 1500. The topological polar surface area (TPSA) is 109 Å². The summed E-state index contributed by atoms with van der Waals surface area (Å²) in [6.07, 6.45) is 3.67. The summed E-state index contributed by atoms with van der Waals surface area (Å²) in [6, 6.07) is 7.82. The lowest BCUT2D eigenvalue weighted by molar-refractivity contribution is -0.137. The van der Waals surface area contributed by atoms with Crippen molar-refractivity contribution >= 4 is 5.97 Å². The minimum Gasteiger partial charge on any atom is -0.493 e. The van der Waals surface area contributed by atoms with Crippen LogP contribution in [-0.4, -0.2) is 45.1 Å². The van der Waals surface area contributed by atoms with Gasteiger partial charge in [-0.25, -0.2) is 13.8 Å². The Balaban J connectivity index is 1.14. The summed E-state index contributed by atoms with van der Waals surface area (Å²) in [5, 5.41) is 28.3. The number of aliphatic carboxylic acids is 1. The van der Waals surface area contributed by atoms with Gasteiger partial charge in [0.2, 0.25) is 5.88 Å². The number of aromatic nitrogens is 1. The zero-order valence-corrected chi connectivity index (χ0v) is 23.0. The van der Waals surface area contributed by atoms with Gasteiger partial charge in [-0.1, -0.05) is 0 Å². The van der Waals surface area contributed by atoms with Crippen molar-refractivity contribution in [2.75, 3.05) is 13.2 Å². The number of aliphatic hydroxyl groups is 2. The summed E-state index contributed by atoms with van der Waals surface area (Å²) in [7, 11) is 0. The highest BCUT2D eigenvalue weighted by atomic mass is 19.1. The van der Waals surface area contributed by atoms with Gasteiger partial charge in [0.05, 0.1) is 18.8 Å². The molecule has 2 fully saturated rings. The zero-order valence-electron chi connectivity index (χ0n) is 23.0. The number of halogens is 2. The van der Waals surface area contributed by atoms with E-state index in [1.165, 1.54) is 6.07 Å². The highest BCUT2D eigenvalue weighted by Gasteiger charge is 2.56. The van der Waals surface area contributed by atoms with Crippen LogP contribution >= 0.6 is 0 Å². The fourth-order valence-corrected chi connectivity index (χ4v) is 6.92. The number of aliphatic hydroxyl groups excluding tert-OH is 1. The molecule has 0 amide bonds. The molecule has 0 radical (unpaired) electrons. The summed E-state index contributed by atoms with van der Waals surface area (Å²) in [4.78, 5) is 15.4. The predicted molar refractivity (Wildman–Crippen MR) is 146 cm³/mol. The lowest BCUT2D eigenvalue weighted by atomic mass is 9.72. The molecule has 3 atom stereocenters. The van der Waals surface area contributed by atoms with Gasteiger partial charge >= 0.3 is 5.97 Å². The minimum atomic E-state index is -1.00. The van der Waals surface area contributed by atoms with E-state index in [-0.39, 0.29) is 48.5 Å². The van der Waals surface area contributed by atoms with E-state index in [0.717, 1.165) is 34.7 Å². The van der Waals surface area contributed by atoms with Gasteiger partial charge in [0.1, 0.15) is 24.0 Å². The van der Waals surface area contributed by atoms with Gasteiger partial charge in [-0.05, 0) is 103 Å². The van der Waals surface area contributed by atoms with Crippen molar-refractivity contribution < 1.29 is 38.4 Å². The van der Waals surface area contributed by atoms with Crippen LogP contribution in [0, 0.1) is 43.2 Å². The number of fused-ring (bicyclic) bond motifs is 3. The van der Waals surface area contributed by atoms with E-state index >= 15 is 4.39 Å². The van der Waals surface area contributed by atoms with E-state index in [9.17, 15) is 19.4 Å². The number of carbonyl (C=O) groups is 1. The van der Waals surface area contributed by atoms with E-state index < -0.39 is 23.2 Å². The zero-order chi connectivity index (χ0) is 29.1. The van der Waals surface area contributed by atoms with Crippen LogP contribution in [0.4, 0.5) is 8.78 Å². The Morgan fingerprint density at radius 1 is 1.07 bits per heavy atom. The third kappa shape index (κ3) is 5.28. The molecule has 3 aromatic rings. The molecular formula is C32H33F2NO6. The molecule has 7 nitrogen and oxygen atoms in total. The number of ether oxygens (including phenoxy) is 2.